The fourth-order valence-corrected chi connectivity index (χ4v) is 2.76. The van der Waals surface area contributed by atoms with Gasteiger partial charge in [0.1, 0.15) is 29.2 Å². The van der Waals surface area contributed by atoms with Crippen molar-refractivity contribution in [1.29, 1.82) is 0 Å². The third-order valence-electron chi connectivity index (χ3n) is 4.46. The zero-order valence-corrected chi connectivity index (χ0v) is 15.6. The van der Waals surface area contributed by atoms with E-state index in [2.05, 4.69) is 15.3 Å². The number of carbonyl (C=O) groups is 1. The third kappa shape index (κ3) is 4.58. The van der Waals surface area contributed by atoms with E-state index in [9.17, 15) is 9.18 Å². The second kappa shape index (κ2) is 7.98. The van der Waals surface area contributed by atoms with Crippen molar-refractivity contribution in [3.8, 4) is 0 Å². The zero-order valence-electron chi connectivity index (χ0n) is 15.6. The summed E-state index contributed by atoms with van der Waals surface area (Å²) >= 11 is 0. The Morgan fingerprint density at radius 1 is 1.33 bits per heavy atom. The van der Waals surface area contributed by atoms with Crippen molar-refractivity contribution in [2.75, 3.05) is 32.1 Å². The molecule has 0 spiro atoms. The molecule has 2 aromatic rings. The normalized spacial score (nSPS) is 17.6. The van der Waals surface area contributed by atoms with Gasteiger partial charge in [0.25, 0.3) is 5.91 Å². The van der Waals surface area contributed by atoms with Gasteiger partial charge in [0.05, 0.1) is 25.0 Å². The van der Waals surface area contributed by atoms with Crippen LogP contribution in [0.15, 0.2) is 36.5 Å². The lowest BCUT2D eigenvalue weighted by Gasteiger charge is -2.36. The molecule has 0 radical (unpaired) electrons. The number of aromatic nitrogens is 2. The van der Waals surface area contributed by atoms with E-state index in [-0.39, 0.29) is 12.0 Å². The Kier molecular flexibility index (Phi) is 5.67. The Morgan fingerprint density at radius 3 is 2.85 bits per heavy atom. The first-order chi connectivity index (χ1) is 12.9. The highest BCUT2D eigenvalue weighted by Crippen LogP contribution is 2.25. The first-order valence-corrected chi connectivity index (χ1v) is 8.71. The molecule has 0 bridgehead atoms. The highest BCUT2D eigenvalue weighted by molar-refractivity contribution is 5.84. The standard InChI is InChI=1S/C19H23FN4O3/c1-19(2,26-3)18(25)24-9-10-27-15(12-24)14-5-4-6-17(22-14)23-16-8-7-13(20)11-21-16/h4-8,11,15H,9-10,12H2,1-3H3,(H,21,22,23)/t15-/m1/s1. The van der Waals surface area contributed by atoms with Gasteiger partial charge in [-0.05, 0) is 38.1 Å². The van der Waals surface area contributed by atoms with Gasteiger partial charge in [-0.25, -0.2) is 14.4 Å². The number of nitrogens with zero attached hydrogens (tertiary/aromatic N) is 3. The van der Waals surface area contributed by atoms with Crippen LogP contribution in [0.4, 0.5) is 16.0 Å². The van der Waals surface area contributed by atoms with Crippen LogP contribution in [-0.4, -0.2) is 53.2 Å². The van der Waals surface area contributed by atoms with Gasteiger partial charge >= 0.3 is 0 Å². The highest BCUT2D eigenvalue weighted by Gasteiger charge is 2.35. The highest BCUT2D eigenvalue weighted by atomic mass is 19.1. The van der Waals surface area contributed by atoms with Crippen LogP contribution in [-0.2, 0) is 14.3 Å². The summed E-state index contributed by atoms with van der Waals surface area (Å²) in [6.07, 6.45) is 0.801. The van der Waals surface area contributed by atoms with Crippen LogP contribution in [0, 0.1) is 5.82 Å². The minimum atomic E-state index is -0.882. The number of anilines is 2. The number of methoxy groups -OCH3 is 1. The molecule has 8 heteroatoms. The number of morpholine rings is 1. The zero-order chi connectivity index (χ0) is 19.4. The molecule has 0 aliphatic carbocycles. The summed E-state index contributed by atoms with van der Waals surface area (Å²) in [6, 6.07) is 8.34. The average Bonchev–Trinajstić information content (AvgIpc) is 2.69. The fourth-order valence-electron chi connectivity index (χ4n) is 2.76. The van der Waals surface area contributed by atoms with Crippen molar-refractivity contribution in [3.05, 3.63) is 48.0 Å². The molecule has 1 N–H and O–H groups in total. The second-order valence-electron chi connectivity index (χ2n) is 6.76. The van der Waals surface area contributed by atoms with Gasteiger partial charge in [-0.1, -0.05) is 6.07 Å². The maximum atomic E-state index is 13.0. The molecule has 0 saturated carbocycles. The number of ether oxygens (including phenoxy) is 2. The molecule has 0 unspecified atom stereocenters. The van der Waals surface area contributed by atoms with Gasteiger partial charge in [-0.2, -0.15) is 0 Å². The van der Waals surface area contributed by atoms with Crippen molar-refractivity contribution in [1.82, 2.24) is 14.9 Å². The average molecular weight is 374 g/mol. The molecule has 3 heterocycles. The lowest BCUT2D eigenvalue weighted by molar-refractivity contribution is -0.158. The van der Waals surface area contributed by atoms with E-state index in [1.807, 2.05) is 12.1 Å². The smallest absolute Gasteiger partial charge is 0.254 e. The Morgan fingerprint density at radius 2 is 2.15 bits per heavy atom. The van der Waals surface area contributed by atoms with Crippen LogP contribution in [0.1, 0.15) is 25.6 Å². The number of halogens is 1. The Hall–Kier alpha value is -2.58. The Labute approximate surface area is 157 Å². The SMILES string of the molecule is COC(C)(C)C(=O)N1CCO[C@@H](c2cccc(Nc3ccc(F)cn3)n2)C1. The molecule has 1 aliphatic heterocycles. The van der Waals surface area contributed by atoms with Crippen LogP contribution in [0.5, 0.6) is 0 Å². The topological polar surface area (TPSA) is 76.6 Å². The monoisotopic (exact) mass is 374 g/mol. The maximum absolute atomic E-state index is 13.0. The molecule has 1 atom stereocenters. The summed E-state index contributed by atoms with van der Waals surface area (Å²) in [5.74, 6) is 0.574. The third-order valence-corrected chi connectivity index (χ3v) is 4.46. The number of hydrogen-bond donors (Lipinski definition) is 1. The molecule has 27 heavy (non-hydrogen) atoms. The van der Waals surface area contributed by atoms with E-state index in [4.69, 9.17) is 9.47 Å². The molecule has 3 rings (SSSR count). The summed E-state index contributed by atoms with van der Waals surface area (Å²) in [7, 11) is 1.52. The van der Waals surface area contributed by atoms with Gasteiger partial charge in [0.15, 0.2) is 0 Å². The summed E-state index contributed by atoms with van der Waals surface area (Å²) < 4.78 is 24.1. The molecule has 1 fully saturated rings. The van der Waals surface area contributed by atoms with Crippen LogP contribution < -0.4 is 5.32 Å². The lowest BCUT2D eigenvalue weighted by Crippen LogP contribution is -2.51. The van der Waals surface area contributed by atoms with Crippen LogP contribution in [0.25, 0.3) is 0 Å². The largest absolute Gasteiger partial charge is 0.369 e. The summed E-state index contributed by atoms with van der Waals surface area (Å²) in [6.45, 7) is 4.84. The molecule has 0 aromatic carbocycles. The maximum Gasteiger partial charge on any atom is 0.254 e. The van der Waals surface area contributed by atoms with Gasteiger partial charge in [0.2, 0.25) is 0 Å². The molecular weight excluding hydrogens is 351 g/mol. The lowest BCUT2D eigenvalue weighted by atomic mass is 10.1. The minimum Gasteiger partial charge on any atom is -0.369 e. The molecule has 2 aromatic heterocycles. The fraction of sp³-hybridized carbons (Fsp3) is 0.421. The van der Waals surface area contributed by atoms with E-state index in [1.54, 1.807) is 24.8 Å². The molecule has 144 valence electrons. The summed E-state index contributed by atoms with van der Waals surface area (Å²) in [5, 5.41) is 3.03. The molecule has 7 nitrogen and oxygen atoms in total. The van der Waals surface area contributed by atoms with Crippen LogP contribution >= 0.6 is 0 Å². The quantitative estimate of drug-likeness (QED) is 0.867. The summed E-state index contributed by atoms with van der Waals surface area (Å²) in [5.41, 5.74) is -0.178. The first-order valence-electron chi connectivity index (χ1n) is 8.71. The summed E-state index contributed by atoms with van der Waals surface area (Å²) in [4.78, 5) is 22.9. The van der Waals surface area contributed by atoms with Gasteiger partial charge in [0, 0.05) is 13.7 Å². The van der Waals surface area contributed by atoms with E-state index < -0.39 is 11.4 Å². The van der Waals surface area contributed by atoms with E-state index in [0.29, 0.717) is 37.0 Å². The Balaban J connectivity index is 1.72. The van der Waals surface area contributed by atoms with Crippen LogP contribution in [0.2, 0.25) is 0 Å². The van der Waals surface area contributed by atoms with E-state index >= 15 is 0 Å². The first kappa shape index (κ1) is 19.2. The van der Waals surface area contributed by atoms with Gasteiger partial charge < -0.3 is 19.7 Å². The number of amides is 1. The van der Waals surface area contributed by atoms with Gasteiger partial charge in [-0.15, -0.1) is 0 Å². The minimum absolute atomic E-state index is 0.0805. The number of carbonyl (C=O) groups excluding carboxylic acids is 1. The molecule has 1 amide bonds. The van der Waals surface area contributed by atoms with E-state index in [1.165, 1.54) is 19.2 Å². The Bertz CT molecular complexity index is 798. The number of hydrogen-bond acceptors (Lipinski definition) is 6. The van der Waals surface area contributed by atoms with Crippen molar-refractivity contribution in [2.24, 2.45) is 0 Å². The predicted octanol–water partition coefficient (Wildman–Crippen LogP) is 2.68. The second-order valence-corrected chi connectivity index (χ2v) is 6.76. The molecular formula is C19H23FN4O3. The number of rotatable bonds is 5. The predicted molar refractivity (Wildman–Crippen MR) is 98.1 cm³/mol. The number of nitrogens with one attached hydrogen (secondary N) is 1. The van der Waals surface area contributed by atoms with Crippen molar-refractivity contribution < 1.29 is 18.7 Å². The van der Waals surface area contributed by atoms with Gasteiger partial charge in [-0.3, -0.25) is 4.79 Å². The van der Waals surface area contributed by atoms with Crippen molar-refractivity contribution in [3.63, 3.8) is 0 Å². The molecule has 1 saturated heterocycles. The van der Waals surface area contributed by atoms with E-state index in [0.717, 1.165) is 6.20 Å². The van der Waals surface area contributed by atoms with Crippen molar-refractivity contribution >= 4 is 17.5 Å². The van der Waals surface area contributed by atoms with Crippen LogP contribution in [0.3, 0.4) is 0 Å². The molecule has 1 aliphatic rings. The number of pyridine rings is 2. The van der Waals surface area contributed by atoms with Crippen molar-refractivity contribution in [2.45, 2.75) is 25.6 Å².